The van der Waals surface area contributed by atoms with E-state index in [1.165, 1.54) is 22.9 Å². The van der Waals surface area contributed by atoms with E-state index in [0.717, 1.165) is 21.3 Å². The minimum absolute atomic E-state index is 0.155. The molecule has 0 aliphatic heterocycles. The summed E-state index contributed by atoms with van der Waals surface area (Å²) in [7, 11) is 0. The quantitative estimate of drug-likeness (QED) is 0.803. The number of thiazole rings is 1. The predicted octanol–water partition coefficient (Wildman–Crippen LogP) is 3.15. The summed E-state index contributed by atoms with van der Waals surface area (Å²) in [5.41, 5.74) is 1.81. The zero-order chi connectivity index (χ0) is 14.7. The fraction of sp³-hybridized carbons (Fsp3) is 0.143. The maximum absolute atomic E-state index is 11.9. The van der Waals surface area contributed by atoms with Crippen molar-refractivity contribution in [3.8, 4) is 10.6 Å². The number of amides is 1. The number of hydrogen-bond acceptors (Lipinski definition) is 6. The lowest BCUT2D eigenvalue weighted by atomic mass is 10.2. The van der Waals surface area contributed by atoms with E-state index < -0.39 is 0 Å². The van der Waals surface area contributed by atoms with Gasteiger partial charge in [0.15, 0.2) is 0 Å². The van der Waals surface area contributed by atoms with E-state index in [-0.39, 0.29) is 12.3 Å². The molecule has 1 N–H and O–H groups in total. The predicted molar refractivity (Wildman–Crippen MR) is 84.5 cm³/mol. The van der Waals surface area contributed by atoms with Gasteiger partial charge >= 0.3 is 0 Å². The summed E-state index contributed by atoms with van der Waals surface area (Å²) in [6.07, 6.45) is 0.224. The number of aromatic nitrogens is 3. The van der Waals surface area contributed by atoms with Crippen LogP contribution in [0.3, 0.4) is 0 Å². The number of nitrogens with one attached hydrogen (secondary N) is 1. The van der Waals surface area contributed by atoms with Crippen molar-refractivity contribution in [2.24, 2.45) is 0 Å². The van der Waals surface area contributed by atoms with Gasteiger partial charge in [0.2, 0.25) is 11.9 Å². The number of hydrogen-bond donors (Lipinski definition) is 1. The first-order valence-corrected chi connectivity index (χ1v) is 7.96. The Hall–Kier alpha value is -2.12. The van der Waals surface area contributed by atoms with E-state index in [1.807, 2.05) is 42.6 Å². The van der Waals surface area contributed by atoms with E-state index in [4.69, 9.17) is 0 Å². The van der Waals surface area contributed by atoms with Crippen LogP contribution in [0.25, 0.3) is 10.6 Å². The lowest BCUT2D eigenvalue weighted by Gasteiger charge is -1.98. The molecule has 3 aromatic rings. The summed E-state index contributed by atoms with van der Waals surface area (Å²) < 4.78 is 4.03. The van der Waals surface area contributed by atoms with Gasteiger partial charge in [0.25, 0.3) is 0 Å². The molecular formula is C14H12N4OS2. The molecule has 0 saturated carbocycles. The largest absolute Gasteiger partial charge is 0.293 e. The Bertz CT molecular complexity index is 751. The summed E-state index contributed by atoms with van der Waals surface area (Å²) in [4.78, 5) is 20.5. The van der Waals surface area contributed by atoms with E-state index in [9.17, 15) is 4.79 Å². The number of rotatable bonds is 4. The first-order valence-electron chi connectivity index (χ1n) is 6.31. The van der Waals surface area contributed by atoms with E-state index >= 15 is 0 Å². The fourth-order valence-corrected chi connectivity index (χ4v) is 3.04. The molecule has 106 valence electrons. The zero-order valence-electron chi connectivity index (χ0n) is 11.2. The van der Waals surface area contributed by atoms with Crippen LogP contribution in [0.1, 0.15) is 10.7 Å². The molecule has 0 fully saturated rings. The highest BCUT2D eigenvalue weighted by atomic mass is 32.1. The van der Waals surface area contributed by atoms with Gasteiger partial charge in [-0.25, -0.2) is 9.97 Å². The summed E-state index contributed by atoms with van der Waals surface area (Å²) in [6, 6.07) is 9.92. The number of carbonyl (C=O) groups is 1. The molecule has 0 aliphatic carbocycles. The average Bonchev–Trinajstić information content (AvgIpc) is 3.09. The molecular weight excluding hydrogens is 304 g/mol. The third-order valence-corrected chi connectivity index (χ3v) is 4.25. The SMILES string of the molecule is Cc1nc(NC(=O)Cc2csc(-c3ccccc3)n2)ns1. The summed E-state index contributed by atoms with van der Waals surface area (Å²) >= 11 is 2.80. The number of nitrogens with zero attached hydrogens (tertiary/aromatic N) is 3. The normalized spacial score (nSPS) is 10.5. The van der Waals surface area contributed by atoms with E-state index in [1.54, 1.807) is 0 Å². The molecule has 2 aromatic heterocycles. The first kappa shape index (κ1) is 13.8. The highest BCUT2D eigenvalue weighted by Gasteiger charge is 2.11. The monoisotopic (exact) mass is 316 g/mol. The first-order chi connectivity index (χ1) is 10.2. The van der Waals surface area contributed by atoms with Crippen LogP contribution in [-0.2, 0) is 11.2 Å². The highest BCUT2D eigenvalue weighted by Crippen LogP contribution is 2.23. The molecule has 1 aromatic carbocycles. The third-order valence-electron chi connectivity index (χ3n) is 2.69. The Morgan fingerprint density at radius 1 is 1.24 bits per heavy atom. The zero-order valence-corrected chi connectivity index (χ0v) is 12.9. The lowest BCUT2D eigenvalue weighted by molar-refractivity contribution is -0.115. The van der Waals surface area contributed by atoms with Crippen molar-refractivity contribution in [1.82, 2.24) is 14.3 Å². The third kappa shape index (κ3) is 3.50. The van der Waals surface area contributed by atoms with Gasteiger partial charge in [0.05, 0.1) is 12.1 Å². The van der Waals surface area contributed by atoms with Crippen LogP contribution >= 0.6 is 22.9 Å². The number of aryl methyl sites for hydroxylation is 1. The van der Waals surface area contributed by atoms with Crippen LogP contribution in [0.15, 0.2) is 35.7 Å². The van der Waals surface area contributed by atoms with Gasteiger partial charge in [-0.2, -0.15) is 4.37 Å². The van der Waals surface area contributed by atoms with Crippen molar-refractivity contribution in [1.29, 1.82) is 0 Å². The Kier molecular flexibility index (Phi) is 4.03. The summed E-state index contributed by atoms with van der Waals surface area (Å²) in [5, 5.41) is 6.32. The average molecular weight is 316 g/mol. The van der Waals surface area contributed by atoms with Crippen molar-refractivity contribution in [2.45, 2.75) is 13.3 Å². The van der Waals surface area contributed by atoms with Gasteiger partial charge in [0.1, 0.15) is 10.0 Å². The molecule has 3 rings (SSSR count). The van der Waals surface area contributed by atoms with Crippen LogP contribution in [0.4, 0.5) is 5.95 Å². The van der Waals surface area contributed by atoms with Gasteiger partial charge in [-0.3, -0.25) is 10.1 Å². The Balaban J connectivity index is 1.66. The van der Waals surface area contributed by atoms with Crippen LogP contribution in [0.2, 0.25) is 0 Å². The fourth-order valence-electron chi connectivity index (χ4n) is 1.78. The number of benzene rings is 1. The lowest BCUT2D eigenvalue weighted by Crippen LogP contribution is -2.15. The molecule has 21 heavy (non-hydrogen) atoms. The van der Waals surface area contributed by atoms with Gasteiger partial charge in [-0.05, 0) is 18.5 Å². The standard InChI is InChI=1S/C14H12N4OS2/c1-9-15-14(18-21-9)17-12(19)7-11-8-20-13(16-11)10-5-3-2-4-6-10/h2-6,8H,7H2,1H3,(H,17,18,19). The smallest absolute Gasteiger partial charge is 0.241 e. The molecule has 0 spiro atoms. The highest BCUT2D eigenvalue weighted by molar-refractivity contribution is 7.13. The maximum atomic E-state index is 11.9. The van der Waals surface area contributed by atoms with E-state index in [0.29, 0.717) is 5.95 Å². The maximum Gasteiger partial charge on any atom is 0.241 e. The van der Waals surface area contributed by atoms with Crippen LogP contribution in [-0.4, -0.2) is 20.2 Å². The minimum Gasteiger partial charge on any atom is -0.293 e. The number of anilines is 1. The second-order valence-electron chi connectivity index (χ2n) is 4.37. The Morgan fingerprint density at radius 2 is 2.05 bits per heavy atom. The molecule has 0 unspecified atom stereocenters. The molecule has 0 atom stereocenters. The van der Waals surface area contributed by atoms with Crippen molar-refractivity contribution >= 4 is 34.7 Å². The van der Waals surface area contributed by atoms with Gasteiger partial charge < -0.3 is 0 Å². The van der Waals surface area contributed by atoms with Crippen LogP contribution in [0, 0.1) is 6.92 Å². The van der Waals surface area contributed by atoms with Crippen molar-refractivity contribution < 1.29 is 4.79 Å². The van der Waals surface area contributed by atoms with Crippen molar-refractivity contribution in [3.05, 3.63) is 46.4 Å². The molecule has 5 nitrogen and oxygen atoms in total. The molecule has 0 radical (unpaired) electrons. The molecule has 7 heteroatoms. The Morgan fingerprint density at radius 3 is 2.76 bits per heavy atom. The number of carbonyl (C=O) groups excluding carboxylic acids is 1. The second-order valence-corrected chi connectivity index (χ2v) is 6.19. The topological polar surface area (TPSA) is 67.8 Å². The summed E-state index contributed by atoms with van der Waals surface area (Å²) in [6.45, 7) is 1.85. The van der Waals surface area contributed by atoms with Gasteiger partial charge in [-0.15, -0.1) is 11.3 Å². The van der Waals surface area contributed by atoms with Crippen molar-refractivity contribution in [2.75, 3.05) is 5.32 Å². The summed E-state index contributed by atoms with van der Waals surface area (Å²) in [5.74, 6) is 0.207. The Labute approximate surface area is 129 Å². The van der Waals surface area contributed by atoms with Gasteiger partial charge in [-0.1, -0.05) is 30.3 Å². The minimum atomic E-state index is -0.155. The van der Waals surface area contributed by atoms with Gasteiger partial charge in [0, 0.05) is 10.9 Å². The molecule has 2 heterocycles. The van der Waals surface area contributed by atoms with Crippen LogP contribution in [0.5, 0.6) is 0 Å². The molecule has 1 amide bonds. The molecule has 0 aliphatic rings. The second kappa shape index (κ2) is 6.11. The molecule has 0 saturated heterocycles. The van der Waals surface area contributed by atoms with Crippen molar-refractivity contribution in [3.63, 3.8) is 0 Å². The van der Waals surface area contributed by atoms with E-state index in [2.05, 4.69) is 19.7 Å². The molecule has 0 bridgehead atoms. The van der Waals surface area contributed by atoms with Crippen LogP contribution < -0.4 is 5.32 Å².